The second kappa shape index (κ2) is 5.88. The van der Waals surface area contributed by atoms with E-state index in [0.29, 0.717) is 11.1 Å². The fourth-order valence-corrected chi connectivity index (χ4v) is 2.95. The van der Waals surface area contributed by atoms with Crippen molar-refractivity contribution in [3.05, 3.63) is 57.3 Å². The van der Waals surface area contributed by atoms with E-state index in [2.05, 4.69) is 5.32 Å². The molecule has 2 aromatic rings. The first-order valence-corrected chi connectivity index (χ1v) is 7.03. The highest BCUT2D eigenvalue weighted by Gasteiger charge is 2.22. The quantitative estimate of drug-likeness (QED) is 0.906. The Morgan fingerprint density at radius 3 is 2.35 bits per heavy atom. The Labute approximate surface area is 121 Å². The van der Waals surface area contributed by atoms with Crippen LogP contribution in [-0.2, 0) is 4.79 Å². The van der Waals surface area contributed by atoms with E-state index in [4.69, 9.17) is 5.73 Å². The molecule has 2 amide bonds. The number of nitrogens with one attached hydrogen (secondary N) is 1. The average molecular weight is 288 g/mol. The normalized spacial score (nSPS) is 11.9. The lowest BCUT2D eigenvalue weighted by Gasteiger charge is -2.15. The van der Waals surface area contributed by atoms with Gasteiger partial charge in [0.1, 0.15) is 6.04 Å². The van der Waals surface area contributed by atoms with Crippen LogP contribution in [0.3, 0.4) is 0 Å². The number of hydrogen-bond donors (Lipinski definition) is 2. The predicted octanol–water partition coefficient (Wildman–Crippen LogP) is 2.32. The summed E-state index contributed by atoms with van der Waals surface area (Å²) >= 11 is 1.55. The molecule has 0 aliphatic rings. The summed E-state index contributed by atoms with van der Waals surface area (Å²) in [5.41, 5.74) is 6.66. The van der Waals surface area contributed by atoms with Gasteiger partial charge in [0.2, 0.25) is 5.91 Å². The van der Waals surface area contributed by atoms with Crippen LogP contribution in [0.5, 0.6) is 0 Å². The SMILES string of the molecule is Cc1cc(C(=O)NC(C(N)=O)c2ccccc2)c(C)s1. The molecule has 3 N–H and O–H groups in total. The van der Waals surface area contributed by atoms with Crippen molar-refractivity contribution in [3.8, 4) is 0 Å². The summed E-state index contributed by atoms with van der Waals surface area (Å²) in [5.74, 6) is -0.853. The van der Waals surface area contributed by atoms with Crippen LogP contribution in [0.4, 0.5) is 0 Å². The fraction of sp³-hybridized carbons (Fsp3) is 0.200. The highest BCUT2D eigenvalue weighted by atomic mass is 32.1. The van der Waals surface area contributed by atoms with Gasteiger partial charge in [-0.3, -0.25) is 9.59 Å². The van der Waals surface area contributed by atoms with Crippen molar-refractivity contribution in [3.63, 3.8) is 0 Å². The molecule has 20 heavy (non-hydrogen) atoms. The first kappa shape index (κ1) is 14.3. The van der Waals surface area contributed by atoms with E-state index in [9.17, 15) is 9.59 Å². The molecule has 0 aliphatic carbocycles. The second-order valence-electron chi connectivity index (χ2n) is 4.55. The molecule has 2 rings (SSSR count). The van der Waals surface area contributed by atoms with Gasteiger partial charge in [0.15, 0.2) is 0 Å². The van der Waals surface area contributed by atoms with Gasteiger partial charge in [-0.1, -0.05) is 30.3 Å². The van der Waals surface area contributed by atoms with Crippen LogP contribution in [-0.4, -0.2) is 11.8 Å². The number of rotatable bonds is 4. The fourth-order valence-electron chi connectivity index (χ4n) is 2.03. The summed E-state index contributed by atoms with van der Waals surface area (Å²) in [6.45, 7) is 3.82. The molecule has 0 saturated heterocycles. The highest BCUT2D eigenvalue weighted by molar-refractivity contribution is 7.12. The van der Waals surface area contributed by atoms with Gasteiger partial charge in [0, 0.05) is 9.75 Å². The maximum Gasteiger partial charge on any atom is 0.253 e. The predicted molar refractivity (Wildman–Crippen MR) is 79.6 cm³/mol. The van der Waals surface area contributed by atoms with Gasteiger partial charge in [-0.15, -0.1) is 11.3 Å². The number of hydrogen-bond acceptors (Lipinski definition) is 3. The van der Waals surface area contributed by atoms with Crippen LogP contribution in [0.1, 0.15) is 31.7 Å². The van der Waals surface area contributed by atoms with Crippen molar-refractivity contribution in [1.82, 2.24) is 5.32 Å². The van der Waals surface area contributed by atoms with Crippen molar-refractivity contribution >= 4 is 23.2 Å². The van der Waals surface area contributed by atoms with Gasteiger partial charge < -0.3 is 11.1 Å². The lowest BCUT2D eigenvalue weighted by atomic mass is 10.1. The molecule has 0 spiro atoms. The van der Waals surface area contributed by atoms with E-state index < -0.39 is 11.9 Å². The zero-order valence-corrected chi connectivity index (χ0v) is 12.2. The first-order chi connectivity index (χ1) is 9.49. The number of thiophene rings is 1. The molecule has 1 aromatic heterocycles. The molecule has 0 bridgehead atoms. The van der Waals surface area contributed by atoms with E-state index >= 15 is 0 Å². The standard InChI is InChI=1S/C15H16N2O2S/c1-9-8-12(10(2)20-9)15(19)17-13(14(16)18)11-6-4-3-5-7-11/h3-8,13H,1-2H3,(H2,16,18)(H,17,19). The molecule has 0 fully saturated rings. The van der Waals surface area contributed by atoms with Crippen molar-refractivity contribution < 1.29 is 9.59 Å². The molecule has 0 saturated carbocycles. The van der Waals surface area contributed by atoms with Crippen LogP contribution in [0.2, 0.25) is 0 Å². The van der Waals surface area contributed by atoms with Gasteiger partial charge in [-0.05, 0) is 25.5 Å². The molecule has 4 nitrogen and oxygen atoms in total. The molecular formula is C15H16N2O2S. The van der Waals surface area contributed by atoms with Gasteiger partial charge >= 0.3 is 0 Å². The Morgan fingerprint density at radius 2 is 1.85 bits per heavy atom. The van der Waals surface area contributed by atoms with Gasteiger partial charge in [-0.2, -0.15) is 0 Å². The summed E-state index contributed by atoms with van der Waals surface area (Å²) in [6.07, 6.45) is 0. The van der Waals surface area contributed by atoms with E-state index in [0.717, 1.165) is 9.75 Å². The van der Waals surface area contributed by atoms with Gasteiger partial charge in [0.25, 0.3) is 5.91 Å². The number of primary amides is 1. The number of amides is 2. The van der Waals surface area contributed by atoms with Crippen LogP contribution >= 0.6 is 11.3 Å². The largest absolute Gasteiger partial charge is 0.368 e. The Kier molecular flexibility index (Phi) is 4.20. The Bertz CT molecular complexity index is 635. The second-order valence-corrected chi connectivity index (χ2v) is 6.01. The molecule has 1 aromatic carbocycles. The zero-order chi connectivity index (χ0) is 14.7. The summed E-state index contributed by atoms with van der Waals surface area (Å²) in [6, 6.07) is 9.98. The van der Waals surface area contributed by atoms with Crippen LogP contribution in [0, 0.1) is 13.8 Å². The number of nitrogens with two attached hydrogens (primary N) is 1. The van der Waals surface area contributed by atoms with Crippen LogP contribution < -0.4 is 11.1 Å². The van der Waals surface area contributed by atoms with Crippen LogP contribution in [0.15, 0.2) is 36.4 Å². The molecule has 1 atom stereocenters. The van der Waals surface area contributed by atoms with E-state index in [1.165, 1.54) is 0 Å². The minimum absolute atomic E-state index is 0.278. The van der Waals surface area contributed by atoms with Crippen molar-refractivity contribution in [1.29, 1.82) is 0 Å². The van der Waals surface area contributed by atoms with Crippen molar-refractivity contribution in [2.45, 2.75) is 19.9 Å². The maximum atomic E-state index is 12.3. The topological polar surface area (TPSA) is 72.2 Å². The van der Waals surface area contributed by atoms with E-state index in [1.807, 2.05) is 26.0 Å². The monoisotopic (exact) mass is 288 g/mol. The Morgan fingerprint density at radius 1 is 1.20 bits per heavy atom. The lowest BCUT2D eigenvalue weighted by molar-refractivity contribution is -0.120. The maximum absolute atomic E-state index is 12.3. The minimum atomic E-state index is -0.816. The molecular weight excluding hydrogens is 272 g/mol. The average Bonchev–Trinajstić information content (AvgIpc) is 2.75. The van der Waals surface area contributed by atoms with Crippen LogP contribution in [0.25, 0.3) is 0 Å². The van der Waals surface area contributed by atoms with Crippen molar-refractivity contribution in [2.75, 3.05) is 0 Å². The summed E-state index contributed by atoms with van der Waals surface area (Å²) < 4.78 is 0. The smallest absolute Gasteiger partial charge is 0.253 e. The number of carbonyl (C=O) groups is 2. The third-order valence-electron chi connectivity index (χ3n) is 2.98. The van der Waals surface area contributed by atoms with E-state index in [-0.39, 0.29) is 5.91 Å². The van der Waals surface area contributed by atoms with Crippen molar-refractivity contribution in [2.24, 2.45) is 5.73 Å². The molecule has 0 radical (unpaired) electrons. The molecule has 5 heteroatoms. The van der Waals surface area contributed by atoms with Gasteiger partial charge in [-0.25, -0.2) is 0 Å². The highest BCUT2D eigenvalue weighted by Crippen LogP contribution is 2.21. The lowest BCUT2D eigenvalue weighted by Crippen LogP contribution is -2.37. The third kappa shape index (κ3) is 3.05. The minimum Gasteiger partial charge on any atom is -0.368 e. The molecule has 0 aliphatic heterocycles. The third-order valence-corrected chi connectivity index (χ3v) is 3.94. The number of benzene rings is 1. The molecule has 1 unspecified atom stereocenters. The molecule has 104 valence electrons. The summed E-state index contributed by atoms with van der Waals surface area (Å²) in [7, 11) is 0. The van der Waals surface area contributed by atoms with Gasteiger partial charge in [0.05, 0.1) is 5.56 Å². The summed E-state index contributed by atoms with van der Waals surface area (Å²) in [5, 5.41) is 2.70. The molecule has 1 heterocycles. The zero-order valence-electron chi connectivity index (χ0n) is 11.3. The summed E-state index contributed by atoms with van der Waals surface area (Å²) in [4.78, 5) is 25.8. The Balaban J connectivity index is 2.23. The number of aryl methyl sites for hydroxylation is 2. The van der Waals surface area contributed by atoms with E-state index in [1.54, 1.807) is 35.6 Å². The first-order valence-electron chi connectivity index (χ1n) is 6.21. The Hall–Kier alpha value is -2.14. The number of carbonyl (C=O) groups excluding carboxylic acids is 2.